The third-order valence-corrected chi connectivity index (χ3v) is 6.20. The summed E-state index contributed by atoms with van der Waals surface area (Å²) >= 11 is 1.69. The van der Waals surface area contributed by atoms with Gasteiger partial charge < -0.3 is 15.0 Å². The Bertz CT molecular complexity index is 1170. The zero-order valence-electron chi connectivity index (χ0n) is 17.8. The molecule has 0 radical (unpaired) electrons. The highest BCUT2D eigenvalue weighted by Gasteiger charge is 2.24. The Balaban J connectivity index is 1.37. The van der Waals surface area contributed by atoms with E-state index < -0.39 is 22.9 Å². The zero-order chi connectivity index (χ0) is 23.4. The number of esters is 1. The highest BCUT2D eigenvalue weighted by atomic mass is 32.2. The van der Waals surface area contributed by atoms with Crippen LogP contribution in [0.25, 0.3) is 0 Å². The number of nitro benzene ring substituents is 1. The quantitative estimate of drug-likeness (QED) is 0.293. The first-order valence-electron chi connectivity index (χ1n) is 10.3. The SMILES string of the molecule is C[C@H](OC(=O)CCN1c2ccccc2Sc2ccccc21)C(=O)Nc1cccc([N+](=O)[O-])c1. The smallest absolute Gasteiger partial charge is 0.308 e. The third kappa shape index (κ3) is 5.15. The molecule has 0 saturated carbocycles. The predicted molar refractivity (Wildman–Crippen MR) is 126 cm³/mol. The molecule has 168 valence electrons. The van der Waals surface area contributed by atoms with Crippen LogP contribution in [0, 0.1) is 10.1 Å². The van der Waals surface area contributed by atoms with Gasteiger partial charge in [-0.25, -0.2) is 0 Å². The molecule has 1 aliphatic rings. The Hall–Kier alpha value is -3.85. The van der Waals surface area contributed by atoms with Gasteiger partial charge in [-0.3, -0.25) is 19.7 Å². The molecule has 9 heteroatoms. The molecular formula is C24H21N3O5S. The first kappa shape index (κ1) is 22.3. The number of nitrogens with zero attached hydrogens (tertiary/aromatic N) is 2. The molecule has 1 heterocycles. The largest absolute Gasteiger partial charge is 0.452 e. The molecule has 33 heavy (non-hydrogen) atoms. The molecule has 1 amide bonds. The van der Waals surface area contributed by atoms with E-state index in [9.17, 15) is 19.7 Å². The van der Waals surface area contributed by atoms with Crippen molar-refractivity contribution in [3.05, 3.63) is 82.9 Å². The normalized spacial score (nSPS) is 12.8. The fourth-order valence-corrected chi connectivity index (χ4v) is 4.57. The lowest BCUT2D eigenvalue weighted by Gasteiger charge is -2.32. The number of fused-ring (bicyclic) bond motifs is 2. The summed E-state index contributed by atoms with van der Waals surface area (Å²) in [6.45, 7) is 1.86. The van der Waals surface area contributed by atoms with E-state index in [1.54, 1.807) is 11.8 Å². The van der Waals surface area contributed by atoms with Gasteiger partial charge in [0.25, 0.3) is 11.6 Å². The van der Waals surface area contributed by atoms with E-state index in [2.05, 4.69) is 10.2 Å². The van der Waals surface area contributed by atoms with E-state index in [0.29, 0.717) is 6.54 Å². The molecular weight excluding hydrogens is 442 g/mol. The van der Waals surface area contributed by atoms with Crippen LogP contribution in [-0.2, 0) is 14.3 Å². The maximum Gasteiger partial charge on any atom is 0.308 e. The summed E-state index contributed by atoms with van der Waals surface area (Å²) in [6.07, 6.45) is -0.963. The maximum atomic E-state index is 12.5. The van der Waals surface area contributed by atoms with Crippen LogP contribution < -0.4 is 10.2 Å². The number of carbonyl (C=O) groups is 2. The number of hydrogen-bond acceptors (Lipinski definition) is 7. The lowest BCUT2D eigenvalue weighted by atomic mass is 10.2. The maximum absolute atomic E-state index is 12.5. The number of nitrogens with one attached hydrogen (secondary N) is 1. The Morgan fingerprint density at radius 1 is 1.03 bits per heavy atom. The van der Waals surface area contributed by atoms with Crippen molar-refractivity contribution < 1.29 is 19.2 Å². The number of non-ortho nitro benzene ring substituents is 1. The van der Waals surface area contributed by atoms with Crippen LogP contribution in [0.4, 0.5) is 22.7 Å². The topological polar surface area (TPSA) is 102 Å². The first-order valence-corrected chi connectivity index (χ1v) is 11.1. The van der Waals surface area contributed by atoms with Crippen LogP contribution in [0.15, 0.2) is 82.6 Å². The number of ether oxygens (including phenoxy) is 1. The van der Waals surface area contributed by atoms with Crippen LogP contribution in [0.1, 0.15) is 13.3 Å². The number of rotatable bonds is 7. The van der Waals surface area contributed by atoms with Crippen LogP contribution in [0.2, 0.25) is 0 Å². The fourth-order valence-electron chi connectivity index (χ4n) is 3.48. The second kappa shape index (κ2) is 9.74. The Kier molecular flexibility index (Phi) is 6.60. The van der Waals surface area contributed by atoms with Crippen molar-refractivity contribution in [2.45, 2.75) is 29.2 Å². The molecule has 3 aromatic carbocycles. The average Bonchev–Trinajstić information content (AvgIpc) is 2.81. The average molecular weight is 464 g/mol. The monoisotopic (exact) mass is 463 g/mol. The summed E-state index contributed by atoms with van der Waals surface area (Å²) < 4.78 is 5.31. The van der Waals surface area contributed by atoms with Crippen LogP contribution in [-0.4, -0.2) is 29.4 Å². The van der Waals surface area contributed by atoms with Crippen molar-refractivity contribution in [3.63, 3.8) is 0 Å². The van der Waals surface area contributed by atoms with Gasteiger partial charge >= 0.3 is 5.97 Å². The summed E-state index contributed by atoms with van der Waals surface area (Å²) in [7, 11) is 0. The van der Waals surface area contributed by atoms with Crippen LogP contribution in [0.3, 0.4) is 0 Å². The number of benzene rings is 3. The van der Waals surface area contributed by atoms with E-state index >= 15 is 0 Å². The lowest BCUT2D eigenvalue weighted by molar-refractivity contribution is -0.384. The van der Waals surface area contributed by atoms with Gasteiger partial charge in [0.2, 0.25) is 0 Å². The van der Waals surface area contributed by atoms with Crippen molar-refractivity contribution in [2.24, 2.45) is 0 Å². The van der Waals surface area contributed by atoms with Gasteiger partial charge in [-0.1, -0.05) is 42.1 Å². The highest BCUT2D eigenvalue weighted by Crippen LogP contribution is 2.47. The first-order chi connectivity index (χ1) is 15.9. The third-order valence-electron chi connectivity index (χ3n) is 5.07. The summed E-state index contributed by atoms with van der Waals surface area (Å²) in [5.41, 5.74) is 2.16. The van der Waals surface area contributed by atoms with E-state index in [0.717, 1.165) is 21.2 Å². The highest BCUT2D eigenvalue weighted by molar-refractivity contribution is 7.99. The molecule has 0 bridgehead atoms. The molecule has 0 saturated heterocycles. The Labute approximate surface area is 194 Å². The second-order valence-electron chi connectivity index (χ2n) is 7.37. The van der Waals surface area contributed by atoms with Gasteiger partial charge in [-0.2, -0.15) is 0 Å². The number of amides is 1. The lowest BCUT2D eigenvalue weighted by Crippen LogP contribution is -2.31. The number of anilines is 3. The zero-order valence-corrected chi connectivity index (χ0v) is 18.6. The van der Waals surface area contributed by atoms with Crippen LogP contribution >= 0.6 is 11.8 Å². The Morgan fingerprint density at radius 2 is 1.67 bits per heavy atom. The minimum Gasteiger partial charge on any atom is -0.452 e. The van der Waals surface area contributed by atoms with Gasteiger partial charge in [0.15, 0.2) is 6.10 Å². The molecule has 0 aliphatic carbocycles. The molecule has 0 spiro atoms. The standard InChI is InChI=1S/C24H21N3O5S/c1-16(24(29)25-17-7-6-8-18(15-17)27(30)31)32-23(28)13-14-26-19-9-2-4-11-21(19)33-22-12-5-3-10-20(22)26/h2-12,15-16H,13-14H2,1H3,(H,25,29)/t16-/m0/s1. The van der Waals surface area contributed by atoms with Gasteiger partial charge in [0.05, 0.1) is 22.7 Å². The van der Waals surface area contributed by atoms with E-state index in [1.807, 2.05) is 48.5 Å². The minimum atomic E-state index is -1.05. The molecule has 1 atom stereocenters. The second-order valence-corrected chi connectivity index (χ2v) is 8.45. The number of carbonyl (C=O) groups excluding carboxylic acids is 2. The molecule has 4 rings (SSSR count). The van der Waals surface area contributed by atoms with Gasteiger partial charge in [0.1, 0.15) is 0 Å². The molecule has 0 aromatic heterocycles. The summed E-state index contributed by atoms with van der Waals surface area (Å²) in [6, 6.07) is 21.6. The molecule has 0 fully saturated rings. The van der Waals surface area contributed by atoms with Crippen molar-refractivity contribution in [1.82, 2.24) is 0 Å². The fraction of sp³-hybridized carbons (Fsp3) is 0.167. The number of hydrogen-bond donors (Lipinski definition) is 1. The summed E-state index contributed by atoms with van der Waals surface area (Å²) in [5, 5.41) is 13.4. The van der Waals surface area contributed by atoms with E-state index in [-0.39, 0.29) is 17.8 Å². The molecule has 8 nitrogen and oxygen atoms in total. The molecule has 1 aliphatic heterocycles. The van der Waals surface area contributed by atoms with Gasteiger partial charge in [-0.05, 0) is 37.3 Å². The molecule has 3 aromatic rings. The number of nitro groups is 1. The number of para-hydroxylation sites is 2. The van der Waals surface area contributed by atoms with E-state index in [1.165, 1.54) is 31.2 Å². The van der Waals surface area contributed by atoms with Gasteiger partial charge in [-0.15, -0.1) is 0 Å². The molecule has 1 N–H and O–H groups in total. The predicted octanol–water partition coefficient (Wildman–Crippen LogP) is 5.16. The Morgan fingerprint density at radius 3 is 2.30 bits per heavy atom. The van der Waals surface area contributed by atoms with Crippen molar-refractivity contribution in [1.29, 1.82) is 0 Å². The van der Waals surface area contributed by atoms with Gasteiger partial charge in [0, 0.05) is 34.2 Å². The van der Waals surface area contributed by atoms with Crippen molar-refractivity contribution >= 4 is 46.4 Å². The van der Waals surface area contributed by atoms with Crippen molar-refractivity contribution in [2.75, 3.05) is 16.8 Å². The van der Waals surface area contributed by atoms with Crippen molar-refractivity contribution in [3.8, 4) is 0 Å². The minimum absolute atomic E-state index is 0.0851. The summed E-state index contributed by atoms with van der Waals surface area (Å²) in [5.74, 6) is -1.07. The summed E-state index contributed by atoms with van der Waals surface area (Å²) in [4.78, 5) is 39.5. The molecule has 0 unspecified atom stereocenters. The van der Waals surface area contributed by atoms with Crippen LogP contribution in [0.5, 0.6) is 0 Å². The van der Waals surface area contributed by atoms with E-state index in [4.69, 9.17) is 4.74 Å².